The Kier molecular flexibility index (Phi) is 8.84. The third kappa shape index (κ3) is 6.04. The number of aliphatic imine (C=N–C) groups is 1. The molecule has 0 saturated carbocycles. The lowest BCUT2D eigenvalue weighted by atomic mass is 9.92. The van der Waals surface area contributed by atoms with Gasteiger partial charge in [0.15, 0.2) is 11.6 Å². The molecule has 1 saturated heterocycles. The van der Waals surface area contributed by atoms with Crippen molar-refractivity contribution < 1.29 is 4.74 Å². The van der Waals surface area contributed by atoms with E-state index in [4.69, 9.17) is 4.74 Å². The second-order valence-corrected chi connectivity index (χ2v) is 7.83. The van der Waals surface area contributed by atoms with Gasteiger partial charge < -0.3 is 20.7 Å². The lowest BCUT2D eigenvalue weighted by Gasteiger charge is -2.39. The van der Waals surface area contributed by atoms with Crippen LogP contribution in [-0.4, -0.2) is 89.6 Å². The van der Waals surface area contributed by atoms with E-state index < -0.39 is 0 Å². The maximum absolute atomic E-state index is 5.55. The molecule has 2 aromatic rings. The van der Waals surface area contributed by atoms with Crippen LogP contribution in [0.3, 0.4) is 0 Å². The van der Waals surface area contributed by atoms with E-state index in [-0.39, 0.29) is 0 Å². The number of morpholine rings is 1. The van der Waals surface area contributed by atoms with E-state index in [1.807, 2.05) is 14.1 Å². The van der Waals surface area contributed by atoms with Gasteiger partial charge in [-0.1, -0.05) is 26.7 Å². The van der Waals surface area contributed by atoms with E-state index in [2.05, 4.69) is 54.8 Å². The number of nitrogens with one attached hydrogen (secondary N) is 3. The first-order valence-electron chi connectivity index (χ1n) is 11.3. The highest BCUT2D eigenvalue weighted by Crippen LogP contribution is 2.20. The molecule has 10 heteroatoms. The zero-order chi connectivity index (χ0) is 22.1. The Labute approximate surface area is 184 Å². The second kappa shape index (κ2) is 11.8. The summed E-state index contributed by atoms with van der Waals surface area (Å²) in [6.07, 6.45) is 5.70. The Hall–Kier alpha value is -2.46. The molecule has 1 atom stereocenters. The van der Waals surface area contributed by atoms with Crippen molar-refractivity contribution in [2.75, 3.05) is 58.3 Å². The van der Waals surface area contributed by atoms with Gasteiger partial charge in [0, 0.05) is 52.9 Å². The third-order valence-electron chi connectivity index (χ3n) is 6.05. The van der Waals surface area contributed by atoms with E-state index >= 15 is 0 Å². The summed E-state index contributed by atoms with van der Waals surface area (Å²) in [5, 5.41) is 15.5. The zero-order valence-corrected chi connectivity index (χ0v) is 19.3. The maximum atomic E-state index is 5.55. The number of hydrogen-bond donors (Lipinski definition) is 3. The molecule has 172 valence electrons. The molecule has 0 aliphatic carbocycles. The largest absolute Gasteiger partial charge is 0.379 e. The van der Waals surface area contributed by atoms with Crippen molar-refractivity contribution in [1.29, 1.82) is 0 Å². The number of fused-ring (bicyclic) bond motifs is 1. The number of aromatic nitrogens is 4. The molecule has 1 aliphatic heterocycles. The van der Waals surface area contributed by atoms with Gasteiger partial charge >= 0.3 is 0 Å². The summed E-state index contributed by atoms with van der Waals surface area (Å²) in [6.45, 7) is 10.5. The molecule has 2 aromatic heterocycles. The van der Waals surface area contributed by atoms with Crippen LogP contribution in [0.4, 0.5) is 5.82 Å². The number of ether oxygens (including phenoxy) is 1. The normalized spacial score (nSPS) is 16.6. The number of anilines is 1. The monoisotopic (exact) mass is 431 g/mol. The molecule has 10 nitrogen and oxygen atoms in total. The Bertz CT molecular complexity index is 827. The van der Waals surface area contributed by atoms with Crippen LogP contribution in [0.2, 0.25) is 0 Å². The molecule has 3 N–H and O–H groups in total. The molecule has 3 rings (SSSR count). The average molecular weight is 432 g/mol. The first kappa shape index (κ1) is 23.2. The van der Waals surface area contributed by atoms with Crippen LogP contribution in [0.5, 0.6) is 0 Å². The molecule has 0 amide bonds. The van der Waals surface area contributed by atoms with E-state index in [1.165, 1.54) is 12.8 Å². The van der Waals surface area contributed by atoms with Gasteiger partial charge in [-0.2, -0.15) is 5.10 Å². The van der Waals surface area contributed by atoms with E-state index in [0.717, 1.165) is 62.2 Å². The highest BCUT2D eigenvalue weighted by Gasteiger charge is 2.27. The van der Waals surface area contributed by atoms with Crippen LogP contribution >= 0.6 is 0 Å². The van der Waals surface area contributed by atoms with E-state index in [9.17, 15) is 0 Å². The SMILES string of the molecule is CCC(CC)C(CNC(=NC)NCCNc1ncnc2c1cnn2C)N1CCOCC1. The average Bonchev–Trinajstić information content (AvgIpc) is 3.20. The molecular weight excluding hydrogens is 394 g/mol. The second-order valence-electron chi connectivity index (χ2n) is 7.83. The molecule has 0 bridgehead atoms. The Morgan fingerprint density at radius 1 is 1.16 bits per heavy atom. The van der Waals surface area contributed by atoms with Gasteiger partial charge in [0.1, 0.15) is 12.1 Å². The van der Waals surface area contributed by atoms with Gasteiger partial charge in [-0.05, 0) is 5.92 Å². The van der Waals surface area contributed by atoms with Crippen molar-refractivity contribution in [2.24, 2.45) is 18.0 Å². The molecule has 1 aliphatic rings. The molecule has 0 radical (unpaired) electrons. The molecule has 31 heavy (non-hydrogen) atoms. The summed E-state index contributed by atoms with van der Waals surface area (Å²) in [6, 6.07) is 0.482. The first-order valence-corrected chi connectivity index (χ1v) is 11.3. The fourth-order valence-corrected chi connectivity index (χ4v) is 4.22. The molecule has 0 aromatic carbocycles. The van der Waals surface area contributed by atoms with Crippen molar-refractivity contribution in [1.82, 2.24) is 35.3 Å². The van der Waals surface area contributed by atoms with Gasteiger partial charge in [-0.3, -0.25) is 14.6 Å². The van der Waals surface area contributed by atoms with Gasteiger partial charge in [-0.15, -0.1) is 0 Å². The standard InChI is InChI=1S/C21H37N9O/c1-5-16(6-2)18(30-9-11-31-12-10-30)14-25-21(22-3)24-8-7-23-19-17-13-28-29(4)20(17)27-15-26-19/h13,15-16,18H,5-12,14H2,1-4H3,(H2,22,24,25)(H,23,26,27). The molecular formula is C21H37N9O. The van der Waals surface area contributed by atoms with Crippen LogP contribution in [0.1, 0.15) is 26.7 Å². The highest BCUT2D eigenvalue weighted by molar-refractivity contribution is 5.86. The number of aryl methyl sites for hydroxylation is 1. The van der Waals surface area contributed by atoms with E-state index in [0.29, 0.717) is 18.5 Å². The summed E-state index contributed by atoms with van der Waals surface area (Å²) in [4.78, 5) is 15.6. The summed E-state index contributed by atoms with van der Waals surface area (Å²) in [5.74, 6) is 2.27. The fraction of sp³-hybridized carbons (Fsp3) is 0.714. The lowest BCUT2D eigenvalue weighted by Crippen LogP contribution is -2.53. The lowest BCUT2D eigenvalue weighted by molar-refractivity contribution is 0.00272. The predicted molar refractivity (Wildman–Crippen MR) is 124 cm³/mol. The fourth-order valence-electron chi connectivity index (χ4n) is 4.22. The highest BCUT2D eigenvalue weighted by atomic mass is 16.5. The van der Waals surface area contributed by atoms with Crippen LogP contribution < -0.4 is 16.0 Å². The summed E-state index contributed by atoms with van der Waals surface area (Å²) in [7, 11) is 3.69. The van der Waals surface area contributed by atoms with Crippen LogP contribution in [0.15, 0.2) is 17.5 Å². The maximum Gasteiger partial charge on any atom is 0.191 e. The quantitative estimate of drug-likeness (QED) is 0.292. The summed E-state index contributed by atoms with van der Waals surface area (Å²) in [5.41, 5.74) is 0.818. The molecule has 1 fully saturated rings. The summed E-state index contributed by atoms with van der Waals surface area (Å²) < 4.78 is 7.30. The Morgan fingerprint density at radius 2 is 1.94 bits per heavy atom. The van der Waals surface area contributed by atoms with Gasteiger partial charge in [0.2, 0.25) is 0 Å². The van der Waals surface area contributed by atoms with Crippen molar-refractivity contribution in [3.05, 3.63) is 12.5 Å². The minimum absolute atomic E-state index is 0.482. The third-order valence-corrected chi connectivity index (χ3v) is 6.05. The summed E-state index contributed by atoms with van der Waals surface area (Å²) >= 11 is 0. The molecule has 0 spiro atoms. The van der Waals surface area contributed by atoms with Crippen LogP contribution in [0, 0.1) is 5.92 Å². The molecule has 1 unspecified atom stereocenters. The number of nitrogens with zero attached hydrogens (tertiary/aromatic N) is 6. The topological polar surface area (TPSA) is 105 Å². The predicted octanol–water partition coefficient (Wildman–Crippen LogP) is 1.08. The minimum atomic E-state index is 0.482. The zero-order valence-electron chi connectivity index (χ0n) is 19.3. The van der Waals surface area contributed by atoms with Crippen molar-refractivity contribution in [3.8, 4) is 0 Å². The van der Waals surface area contributed by atoms with Gasteiger partial charge in [0.05, 0.1) is 24.8 Å². The Morgan fingerprint density at radius 3 is 2.65 bits per heavy atom. The van der Waals surface area contributed by atoms with Crippen molar-refractivity contribution in [2.45, 2.75) is 32.7 Å². The smallest absolute Gasteiger partial charge is 0.191 e. The minimum Gasteiger partial charge on any atom is -0.379 e. The van der Waals surface area contributed by atoms with Crippen LogP contribution in [-0.2, 0) is 11.8 Å². The number of guanidine groups is 1. The number of hydrogen-bond acceptors (Lipinski definition) is 7. The Balaban J connectivity index is 1.48. The van der Waals surface area contributed by atoms with Crippen LogP contribution in [0.25, 0.3) is 11.0 Å². The first-order chi connectivity index (χ1) is 15.2. The van der Waals surface area contributed by atoms with Gasteiger partial charge in [-0.25, -0.2) is 9.97 Å². The molecule has 3 heterocycles. The van der Waals surface area contributed by atoms with Crippen molar-refractivity contribution >= 4 is 22.8 Å². The van der Waals surface area contributed by atoms with Gasteiger partial charge in [0.25, 0.3) is 0 Å². The van der Waals surface area contributed by atoms with E-state index in [1.54, 1.807) is 17.2 Å². The number of rotatable bonds is 10. The van der Waals surface area contributed by atoms with Crippen molar-refractivity contribution in [3.63, 3.8) is 0 Å².